The SMILES string of the molecule is CCN(CC)c1ccc(N2C(=NC(=O)C3CCCCC3)SC3CS(=O)(=O)CC32)cc1. The molecule has 1 saturated carbocycles. The van der Waals surface area contributed by atoms with Crippen LogP contribution in [0.15, 0.2) is 29.3 Å². The van der Waals surface area contributed by atoms with Crippen LogP contribution in [-0.2, 0) is 14.6 Å². The van der Waals surface area contributed by atoms with Gasteiger partial charge in [-0.15, -0.1) is 0 Å². The molecule has 4 rings (SSSR count). The van der Waals surface area contributed by atoms with Crippen LogP contribution < -0.4 is 9.80 Å². The van der Waals surface area contributed by atoms with Gasteiger partial charge in [-0.25, -0.2) is 8.42 Å². The van der Waals surface area contributed by atoms with Crippen molar-refractivity contribution in [2.24, 2.45) is 10.9 Å². The van der Waals surface area contributed by atoms with Crippen molar-refractivity contribution in [1.82, 2.24) is 0 Å². The zero-order valence-electron chi connectivity index (χ0n) is 17.8. The molecule has 8 heteroatoms. The Bertz CT molecular complexity index is 904. The number of amides is 1. The Morgan fingerprint density at radius 1 is 1.10 bits per heavy atom. The first-order chi connectivity index (χ1) is 14.4. The van der Waals surface area contributed by atoms with Crippen molar-refractivity contribution in [3.8, 4) is 0 Å². The second-order valence-electron chi connectivity index (χ2n) is 8.43. The highest BCUT2D eigenvalue weighted by molar-refractivity contribution is 8.16. The minimum atomic E-state index is -3.06. The molecule has 2 unspecified atom stereocenters. The van der Waals surface area contributed by atoms with Crippen LogP contribution >= 0.6 is 11.8 Å². The van der Waals surface area contributed by atoms with Gasteiger partial charge < -0.3 is 9.80 Å². The molecule has 0 radical (unpaired) electrons. The number of aliphatic imine (C=N–C) groups is 1. The molecule has 0 spiro atoms. The lowest BCUT2D eigenvalue weighted by Crippen LogP contribution is -2.38. The summed E-state index contributed by atoms with van der Waals surface area (Å²) < 4.78 is 24.5. The maximum Gasteiger partial charge on any atom is 0.251 e. The van der Waals surface area contributed by atoms with Gasteiger partial charge in [0.2, 0.25) is 0 Å². The van der Waals surface area contributed by atoms with E-state index >= 15 is 0 Å². The van der Waals surface area contributed by atoms with Crippen LogP contribution in [0.3, 0.4) is 0 Å². The number of carbonyl (C=O) groups is 1. The fraction of sp³-hybridized carbons (Fsp3) is 0.636. The molecule has 2 heterocycles. The predicted octanol–water partition coefficient (Wildman–Crippen LogP) is 3.71. The van der Waals surface area contributed by atoms with E-state index in [1.54, 1.807) is 0 Å². The monoisotopic (exact) mass is 449 g/mol. The van der Waals surface area contributed by atoms with Gasteiger partial charge in [-0.05, 0) is 51.0 Å². The van der Waals surface area contributed by atoms with Crippen LogP contribution in [-0.4, -0.2) is 55.4 Å². The normalized spacial score (nSPS) is 27.4. The van der Waals surface area contributed by atoms with Crippen LogP contribution in [0.25, 0.3) is 0 Å². The van der Waals surface area contributed by atoms with Gasteiger partial charge in [-0.2, -0.15) is 4.99 Å². The third kappa shape index (κ3) is 4.40. The van der Waals surface area contributed by atoms with E-state index in [2.05, 4.69) is 35.9 Å². The van der Waals surface area contributed by atoms with Crippen molar-refractivity contribution in [1.29, 1.82) is 0 Å². The Morgan fingerprint density at radius 3 is 2.40 bits per heavy atom. The Balaban J connectivity index is 1.63. The lowest BCUT2D eigenvalue weighted by atomic mass is 9.89. The fourth-order valence-corrected chi connectivity index (χ4v) is 8.73. The molecule has 2 saturated heterocycles. The molecule has 0 N–H and O–H groups in total. The van der Waals surface area contributed by atoms with Gasteiger partial charge in [0, 0.05) is 35.6 Å². The standard InChI is InChI=1S/C22H31N3O3S2/c1-3-24(4-2)17-10-12-18(13-11-17)25-19-14-30(27,28)15-20(19)29-22(25)23-21(26)16-8-6-5-7-9-16/h10-13,16,19-20H,3-9,14-15H2,1-2H3. The average Bonchev–Trinajstić information content (AvgIpc) is 3.21. The van der Waals surface area contributed by atoms with Crippen LogP contribution in [0.5, 0.6) is 0 Å². The topological polar surface area (TPSA) is 70.0 Å². The first kappa shape index (κ1) is 21.7. The number of hydrogen-bond acceptors (Lipinski definition) is 5. The van der Waals surface area contributed by atoms with Crippen LogP contribution in [0.2, 0.25) is 0 Å². The van der Waals surface area contributed by atoms with Crippen LogP contribution in [0, 0.1) is 5.92 Å². The van der Waals surface area contributed by atoms with Gasteiger partial charge in [0.15, 0.2) is 15.0 Å². The van der Waals surface area contributed by atoms with Crippen molar-refractivity contribution in [2.75, 3.05) is 34.4 Å². The van der Waals surface area contributed by atoms with Crippen molar-refractivity contribution in [3.63, 3.8) is 0 Å². The molecular formula is C22H31N3O3S2. The number of nitrogens with zero attached hydrogens (tertiary/aromatic N) is 3. The third-order valence-corrected chi connectivity index (χ3v) is 9.69. The van der Waals surface area contributed by atoms with E-state index < -0.39 is 9.84 Å². The number of amidine groups is 1. The van der Waals surface area contributed by atoms with Gasteiger partial charge in [0.05, 0.1) is 17.5 Å². The second-order valence-corrected chi connectivity index (χ2v) is 11.8. The number of fused-ring (bicyclic) bond motifs is 1. The molecule has 1 amide bonds. The zero-order valence-corrected chi connectivity index (χ0v) is 19.4. The summed E-state index contributed by atoms with van der Waals surface area (Å²) >= 11 is 1.46. The molecular weight excluding hydrogens is 418 g/mol. The number of thioether (sulfide) groups is 1. The molecule has 2 aliphatic heterocycles. The van der Waals surface area contributed by atoms with Crippen molar-refractivity contribution >= 4 is 44.0 Å². The van der Waals surface area contributed by atoms with Gasteiger partial charge in [-0.1, -0.05) is 31.0 Å². The van der Waals surface area contributed by atoms with Gasteiger partial charge in [0.1, 0.15) is 0 Å². The molecule has 1 aliphatic carbocycles. The summed E-state index contributed by atoms with van der Waals surface area (Å²) in [6.07, 6.45) is 5.21. The minimum absolute atomic E-state index is 0.0166. The Kier molecular flexibility index (Phi) is 6.44. The van der Waals surface area contributed by atoms with Crippen molar-refractivity contribution in [2.45, 2.75) is 57.2 Å². The highest BCUT2D eigenvalue weighted by atomic mass is 32.2. The van der Waals surface area contributed by atoms with E-state index in [4.69, 9.17) is 0 Å². The first-order valence-electron chi connectivity index (χ1n) is 11.1. The fourth-order valence-electron chi connectivity index (χ4n) is 4.81. The molecule has 0 aromatic heterocycles. The third-order valence-electron chi connectivity index (χ3n) is 6.48. The Morgan fingerprint density at radius 2 is 1.77 bits per heavy atom. The summed E-state index contributed by atoms with van der Waals surface area (Å²) in [4.78, 5) is 21.7. The smallest absolute Gasteiger partial charge is 0.251 e. The van der Waals surface area contributed by atoms with E-state index in [9.17, 15) is 13.2 Å². The van der Waals surface area contributed by atoms with Gasteiger partial charge >= 0.3 is 0 Å². The maximum atomic E-state index is 12.8. The van der Waals surface area contributed by atoms with Gasteiger partial charge in [0.25, 0.3) is 5.91 Å². The number of sulfone groups is 1. The molecule has 3 aliphatic rings. The highest BCUT2D eigenvalue weighted by Gasteiger charge is 2.49. The lowest BCUT2D eigenvalue weighted by molar-refractivity contribution is -0.122. The molecule has 1 aromatic rings. The molecule has 164 valence electrons. The molecule has 30 heavy (non-hydrogen) atoms. The quantitative estimate of drug-likeness (QED) is 0.682. The Labute approximate surface area is 184 Å². The average molecular weight is 450 g/mol. The number of anilines is 2. The zero-order chi connectivity index (χ0) is 21.3. The number of hydrogen-bond donors (Lipinski definition) is 0. The molecule has 2 atom stereocenters. The van der Waals surface area contributed by atoms with Crippen molar-refractivity contribution in [3.05, 3.63) is 24.3 Å². The maximum absolute atomic E-state index is 12.8. The number of benzene rings is 1. The van der Waals surface area contributed by atoms with Crippen molar-refractivity contribution < 1.29 is 13.2 Å². The summed E-state index contributed by atoms with van der Waals surface area (Å²) in [6, 6.07) is 8.05. The summed E-state index contributed by atoms with van der Waals surface area (Å²) in [6.45, 7) is 6.12. The van der Waals surface area contributed by atoms with E-state index in [-0.39, 0.29) is 34.6 Å². The van der Waals surface area contributed by atoms with E-state index in [1.165, 1.54) is 18.2 Å². The lowest BCUT2D eigenvalue weighted by Gasteiger charge is -2.27. The van der Waals surface area contributed by atoms with Gasteiger partial charge in [-0.3, -0.25) is 4.79 Å². The largest absolute Gasteiger partial charge is 0.372 e. The minimum Gasteiger partial charge on any atom is -0.372 e. The molecule has 3 fully saturated rings. The number of rotatable bonds is 5. The summed E-state index contributed by atoms with van der Waals surface area (Å²) in [5, 5.41) is 0.612. The highest BCUT2D eigenvalue weighted by Crippen LogP contribution is 2.41. The second kappa shape index (κ2) is 8.91. The first-order valence-corrected chi connectivity index (χ1v) is 13.8. The summed E-state index contributed by atoms with van der Waals surface area (Å²) in [5.41, 5.74) is 2.06. The summed E-state index contributed by atoms with van der Waals surface area (Å²) in [5.74, 6) is 0.263. The van der Waals surface area contributed by atoms with Crippen LogP contribution in [0.4, 0.5) is 11.4 Å². The van der Waals surface area contributed by atoms with E-state index in [0.717, 1.165) is 50.1 Å². The summed E-state index contributed by atoms with van der Waals surface area (Å²) in [7, 11) is -3.06. The van der Waals surface area contributed by atoms with E-state index in [0.29, 0.717) is 5.17 Å². The van der Waals surface area contributed by atoms with Crippen LogP contribution in [0.1, 0.15) is 46.0 Å². The van der Waals surface area contributed by atoms with E-state index in [1.807, 2.05) is 17.0 Å². The Hall–Kier alpha value is -1.54. The molecule has 6 nitrogen and oxygen atoms in total. The molecule has 1 aromatic carbocycles. The molecule has 0 bridgehead atoms. The predicted molar refractivity (Wildman–Crippen MR) is 125 cm³/mol. The number of carbonyl (C=O) groups excluding carboxylic acids is 1.